The van der Waals surface area contributed by atoms with Gasteiger partial charge >= 0.3 is 6.18 Å². The molecule has 1 saturated carbocycles. The molecule has 1 aliphatic rings. The second kappa shape index (κ2) is 11.1. The Hall–Kier alpha value is -1.78. The first-order valence-electron chi connectivity index (χ1n) is 11.4. The third-order valence-corrected chi connectivity index (χ3v) is 8.70. The molecule has 1 aromatic carbocycles. The number of carbonyl (C=O) groups is 1. The highest BCUT2D eigenvalue weighted by molar-refractivity contribution is 7.91. The van der Waals surface area contributed by atoms with Crippen molar-refractivity contribution in [2.45, 2.75) is 63.4 Å². The first kappa shape index (κ1) is 27.8. The molecule has 1 heterocycles. The first-order valence-corrected chi connectivity index (χ1v) is 14.1. The minimum Gasteiger partial charge on any atom is -0.350 e. The van der Waals surface area contributed by atoms with Crippen LogP contribution in [-0.4, -0.2) is 48.3 Å². The van der Waals surface area contributed by atoms with Crippen molar-refractivity contribution in [1.82, 2.24) is 15.1 Å². The third kappa shape index (κ3) is 7.13. The van der Waals surface area contributed by atoms with E-state index in [9.17, 15) is 26.4 Å². The zero-order valence-corrected chi connectivity index (χ0v) is 21.8. The number of hydrogen-bond donors (Lipinski definition) is 1. The Balaban J connectivity index is 1.72. The summed E-state index contributed by atoms with van der Waals surface area (Å²) in [6.45, 7) is 2.60. The highest BCUT2D eigenvalue weighted by Crippen LogP contribution is 2.36. The molecule has 0 atom stereocenters. The molecule has 1 aromatic heterocycles. The summed E-state index contributed by atoms with van der Waals surface area (Å²) >= 11 is 12.9. The molecular weight excluding hydrogens is 526 g/mol. The quantitative estimate of drug-likeness (QED) is 0.454. The Labute approximate surface area is 213 Å². The number of aryl methyl sites for hydroxylation is 2. The number of nitrogens with one attached hydrogen (secondary N) is 1. The second-order valence-electron chi connectivity index (χ2n) is 8.94. The number of hydrogen-bond acceptors (Lipinski definition) is 4. The van der Waals surface area contributed by atoms with E-state index in [-0.39, 0.29) is 33.3 Å². The topological polar surface area (TPSA) is 81.1 Å². The van der Waals surface area contributed by atoms with Gasteiger partial charge in [-0.1, -0.05) is 35.3 Å². The molecular formula is C23H28Cl2F3N3O3S. The molecule has 0 aliphatic heterocycles. The van der Waals surface area contributed by atoms with Crippen molar-refractivity contribution >= 4 is 38.9 Å². The molecule has 0 bridgehead atoms. The Morgan fingerprint density at radius 1 is 1.20 bits per heavy atom. The van der Waals surface area contributed by atoms with Crippen LogP contribution in [0.25, 0.3) is 11.3 Å². The van der Waals surface area contributed by atoms with E-state index in [1.165, 1.54) is 17.0 Å². The highest BCUT2D eigenvalue weighted by atomic mass is 35.5. The van der Waals surface area contributed by atoms with Crippen molar-refractivity contribution in [2.75, 3.05) is 12.8 Å². The number of alkyl halides is 3. The maximum Gasteiger partial charge on any atom is 0.389 e. The summed E-state index contributed by atoms with van der Waals surface area (Å²) in [5.41, 5.74) is 1.36. The lowest BCUT2D eigenvalue weighted by molar-refractivity contribution is -0.134. The van der Waals surface area contributed by atoms with E-state index in [0.717, 1.165) is 0 Å². The maximum atomic E-state index is 12.9. The molecule has 1 fully saturated rings. The lowest BCUT2D eigenvalue weighted by Crippen LogP contribution is -2.34. The van der Waals surface area contributed by atoms with Crippen LogP contribution >= 0.6 is 23.2 Å². The van der Waals surface area contributed by atoms with Gasteiger partial charge in [0.15, 0.2) is 5.69 Å². The van der Waals surface area contributed by atoms with Crippen LogP contribution in [0.15, 0.2) is 18.2 Å². The molecule has 1 N–H and O–H groups in total. The fraction of sp³-hybridized carbons (Fsp3) is 0.565. The molecule has 1 aliphatic carbocycles. The molecule has 1 amide bonds. The zero-order chi connectivity index (χ0) is 26.0. The van der Waals surface area contributed by atoms with E-state index >= 15 is 0 Å². The van der Waals surface area contributed by atoms with Gasteiger partial charge in [0.1, 0.15) is 9.84 Å². The standard InChI is InChI=1S/C23H28Cl2F3N3O3S/c1-3-31-21(17-9-6-14(12-18(17)24)10-11-23(26,27)28)19(25)20(30-31)22(32)29-13-15-4-7-16(8-5-15)35(2,33)34/h6,9,12,15-16H,3-5,7-8,10-11,13H2,1-2H3,(H,29,32). The molecule has 0 spiro atoms. The molecule has 12 heteroatoms. The normalized spacial score (nSPS) is 19.1. The monoisotopic (exact) mass is 553 g/mol. The van der Waals surface area contributed by atoms with Crippen molar-refractivity contribution in [1.29, 1.82) is 0 Å². The van der Waals surface area contributed by atoms with Gasteiger partial charge in [-0.2, -0.15) is 18.3 Å². The van der Waals surface area contributed by atoms with Crippen LogP contribution in [-0.2, 0) is 22.8 Å². The van der Waals surface area contributed by atoms with Gasteiger partial charge < -0.3 is 5.32 Å². The second-order valence-corrected chi connectivity index (χ2v) is 12.0. The summed E-state index contributed by atoms with van der Waals surface area (Å²) in [6.07, 6.45) is -1.58. The van der Waals surface area contributed by atoms with Crippen molar-refractivity contribution in [2.24, 2.45) is 5.92 Å². The Bertz CT molecular complexity index is 1170. The molecule has 0 saturated heterocycles. The number of nitrogens with zero attached hydrogens (tertiary/aromatic N) is 2. The number of rotatable bonds is 8. The predicted octanol–water partition coefficient (Wildman–Crippen LogP) is 5.70. The van der Waals surface area contributed by atoms with Crippen LogP contribution in [0, 0.1) is 5.92 Å². The van der Waals surface area contributed by atoms with E-state index in [0.29, 0.717) is 55.6 Å². The summed E-state index contributed by atoms with van der Waals surface area (Å²) in [7, 11) is -3.06. The van der Waals surface area contributed by atoms with Crippen LogP contribution in [0.3, 0.4) is 0 Å². The van der Waals surface area contributed by atoms with Crippen molar-refractivity contribution in [3.05, 3.63) is 39.5 Å². The summed E-state index contributed by atoms with van der Waals surface area (Å²) in [5.74, 6) is -0.284. The van der Waals surface area contributed by atoms with Crippen molar-refractivity contribution in [3.63, 3.8) is 0 Å². The van der Waals surface area contributed by atoms with Crippen LogP contribution in [0.1, 0.15) is 55.1 Å². The average Bonchev–Trinajstić information content (AvgIpc) is 3.11. The number of halogens is 5. The van der Waals surface area contributed by atoms with Crippen LogP contribution in [0.2, 0.25) is 10.0 Å². The Kier molecular flexibility index (Phi) is 8.81. The summed E-state index contributed by atoms with van der Waals surface area (Å²) in [6, 6.07) is 4.62. The number of amides is 1. The Morgan fingerprint density at radius 3 is 2.40 bits per heavy atom. The molecule has 2 aromatic rings. The van der Waals surface area contributed by atoms with Gasteiger partial charge in [-0.15, -0.1) is 0 Å². The minimum atomic E-state index is -4.26. The van der Waals surface area contributed by atoms with Gasteiger partial charge in [0.05, 0.1) is 21.0 Å². The van der Waals surface area contributed by atoms with E-state index in [4.69, 9.17) is 23.2 Å². The number of aromatic nitrogens is 2. The van der Waals surface area contributed by atoms with Gasteiger partial charge in [-0.3, -0.25) is 9.48 Å². The summed E-state index contributed by atoms with van der Waals surface area (Å²) in [4.78, 5) is 12.9. The summed E-state index contributed by atoms with van der Waals surface area (Å²) in [5, 5.41) is 7.18. The van der Waals surface area contributed by atoms with Gasteiger partial charge in [0.2, 0.25) is 0 Å². The average molecular weight is 554 g/mol. The molecule has 6 nitrogen and oxygen atoms in total. The predicted molar refractivity (Wildman–Crippen MR) is 131 cm³/mol. The van der Waals surface area contributed by atoms with Gasteiger partial charge in [-0.05, 0) is 56.6 Å². The van der Waals surface area contributed by atoms with E-state index in [1.807, 2.05) is 6.92 Å². The smallest absolute Gasteiger partial charge is 0.350 e. The Morgan fingerprint density at radius 2 is 1.86 bits per heavy atom. The van der Waals surface area contributed by atoms with Crippen molar-refractivity contribution < 1.29 is 26.4 Å². The minimum absolute atomic E-state index is 0.0329. The van der Waals surface area contributed by atoms with Gasteiger partial charge in [-0.25, -0.2) is 8.42 Å². The highest BCUT2D eigenvalue weighted by Gasteiger charge is 2.30. The molecule has 3 rings (SSSR count). The van der Waals surface area contributed by atoms with Crippen LogP contribution in [0.4, 0.5) is 13.2 Å². The maximum absolute atomic E-state index is 12.9. The largest absolute Gasteiger partial charge is 0.389 e. The van der Waals surface area contributed by atoms with Crippen LogP contribution in [0.5, 0.6) is 0 Å². The number of benzene rings is 1. The zero-order valence-electron chi connectivity index (χ0n) is 19.5. The van der Waals surface area contributed by atoms with E-state index < -0.39 is 28.3 Å². The third-order valence-electron chi connectivity index (χ3n) is 6.35. The van der Waals surface area contributed by atoms with Crippen molar-refractivity contribution in [3.8, 4) is 11.3 Å². The van der Waals surface area contributed by atoms with Gasteiger partial charge in [0.25, 0.3) is 5.91 Å². The van der Waals surface area contributed by atoms with E-state index in [2.05, 4.69) is 10.4 Å². The fourth-order valence-electron chi connectivity index (χ4n) is 4.35. The number of carbonyl (C=O) groups excluding carboxylic acids is 1. The van der Waals surface area contributed by atoms with E-state index in [1.54, 1.807) is 12.1 Å². The SMILES string of the molecule is CCn1nc(C(=O)NCC2CCC(S(C)(=O)=O)CC2)c(Cl)c1-c1ccc(CCC(F)(F)F)cc1Cl. The fourth-order valence-corrected chi connectivity index (χ4v) is 6.09. The molecule has 35 heavy (non-hydrogen) atoms. The number of sulfone groups is 1. The molecule has 194 valence electrons. The van der Waals surface area contributed by atoms with Crippen LogP contribution < -0.4 is 5.32 Å². The molecule has 0 unspecified atom stereocenters. The lowest BCUT2D eigenvalue weighted by Gasteiger charge is -2.27. The first-order chi connectivity index (χ1) is 16.3. The lowest BCUT2D eigenvalue weighted by atomic mass is 9.89. The summed E-state index contributed by atoms with van der Waals surface area (Å²) < 4.78 is 62.6. The van der Waals surface area contributed by atoms with Gasteiger partial charge in [0, 0.05) is 31.3 Å². The molecule has 0 radical (unpaired) electrons.